The zero-order valence-corrected chi connectivity index (χ0v) is 9.51. The molecule has 4 heteroatoms. The summed E-state index contributed by atoms with van der Waals surface area (Å²) in [4.78, 5) is 4.11. The quantitative estimate of drug-likeness (QED) is 0.600. The van der Waals surface area contributed by atoms with Crippen molar-refractivity contribution in [3.05, 3.63) is 53.6 Å². The van der Waals surface area contributed by atoms with Gasteiger partial charge in [0.15, 0.2) is 0 Å². The minimum atomic E-state index is -0.0209. The molecule has 0 fully saturated rings. The maximum atomic E-state index is 5.62. The fraction of sp³-hybridized carbons (Fsp3) is 0.250. The van der Waals surface area contributed by atoms with E-state index in [0.717, 1.165) is 11.3 Å². The predicted octanol–water partition coefficient (Wildman–Crippen LogP) is 1.28. The molecule has 0 aliphatic carbocycles. The second-order valence-corrected chi connectivity index (χ2v) is 3.94. The maximum Gasteiger partial charge on any atom is 0.0946 e. The summed E-state index contributed by atoms with van der Waals surface area (Å²) in [6, 6.07) is 8.26. The highest BCUT2D eigenvalue weighted by molar-refractivity contribution is 5.30. The number of nitrogens with zero attached hydrogens (tertiary/aromatic N) is 2. The van der Waals surface area contributed by atoms with Crippen molar-refractivity contribution in [2.75, 3.05) is 0 Å². The number of hydrogen-bond donors (Lipinski definition) is 2. The van der Waals surface area contributed by atoms with Gasteiger partial charge in [-0.05, 0) is 12.5 Å². The lowest BCUT2D eigenvalue weighted by Gasteiger charge is -2.17. The van der Waals surface area contributed by atoms with Crippen LogP contribution >= 0.6 is 0 Å². The molecular weight excluding hydrogens is 200 g/mol. The van der Waals surface area contributed by atoms with E-state index in [2.05, 4.69) is 35.5 Å². The molecule has 0 spiro atoms. The first kappa shape index (κ1) is 10.9. The summed E-state index contributed by atoms with van der Waals surface area (Å²) in [5, 5.41) is 0. The number of rotatable bonds is 3. The summed E-state index contributed by atoms with van der Waals surface area (Å²) < 4.78 is 1.97. The highest BCUT2D eigenvalue weighted by atomic mass is 15.2. The standard InChI is InChI=1S/C12H16N4/c1-9-4-3-5-10(6-9)12(15-13)11-7-14-8-16(11)2/h3-8,12,15H,13H2,1-2H3. The Morgan fingerprint density at radius 2 is 2.25 bits per heavy atom. The number of nitrogens with one attached hydrogen (secondary N) is 1. The Balaban J connectivity index is 2.40. The monoisotopic (exact) mass is 216 g/mol. The van der Waals surface area contributed by atoms with Crippen LogP contribution in [0, 0.1) is 6.92 Å². The molecule has 1 atom stereocenters. The number of nitrogens with two attached hydrogens (primary N) is 1. The van der Waals surface area contributed by atoms with Gasteiger partial charge in [0.25, 0.3) is 0 Å². The highest BCUT2D eigenvalue weighted by Gasteiger charge is 2.15. The molecule has 0 saturated heterocycles. The molecule has 84 valence electrons. The molecule has 1 heterocycles. The van der Waals surface area contributed by atoms with E-state index < -0.39 is 0 Å². The van der Waals surface area contributed by atoms with Gasteiger partial charge in [0, 0.05) is 7.05 Å². The fourth-order valence-corrected chi connectivity index (χ4v) is 1.85. The molecule has 0 amide bonds. The Hall–Kier alpha value is -1.65. The lowest BCUT2D eigenvalue weighted by Crippen LogP contribution is -2.30. The molecule has 16 heavy (non-hydrogen) atoms. The van der Waals surface area contributed by atoms with Crippen LogP contribution in [0.4, 0.5) is 0 Å². The van der Waals surface area contributed by atoms with Crippen LogP contribution in [-0.4, -0.2) is 9.55 Å². The Morgan fingerprint density at radius 1 is 1.44 bits per heavy atom. The van der Waals surface area contributed by atoms with Gasteiger partial charge in [-0.25, -0.2) is 10.4 Å². The Morgan fingerprint density at radius 3 is 2.81 bits per heavy atom. The van der Waals surface area contributed by atoms with Crippen molar-refractivity contribution in [3.63, 3.8) is 0 Å². The first-order chi connectivity index (χ1) is 7.72. The van der Waals surface area contributed by atoms with Gasteiger partial charge >= 0.3 is 0 Å². The van der Waals surface area contributed by atoms with Crippen molar-refractivity contribution < 1.29 is 0 Å². The van der Waals surface area contributed by atoms with Crippen molar-refractivity contribution in [2.24, 2.45) is 12.9 Å². The van der Waals surface area contributed by atoms with Gasteiger partial charge in [-0.15, -0.1) is 0 Å². The first-order valence-corrected chi connectivity index (χ1v) is 5.21. The van der Waals surface area contributed by atoms with Crippen molar-refractivity contribution >= 4 is 0 Å². The van der Waals surface area contributed by atoms with E-state index in [-0.39, 0.29) is 6.04 Å². The molecule has 0 saturated carbocycles. The van der Waals surface area contributed by atoms with Crippen LogP contribution in [0.25, 0.3) is 0 Å². The van der Waals surface area contributed by atoms with Crippen molar-refractivity contribution in [1.82, 2.24) is 15.0 Å². The number of benzene rings is 1. The average Bonchev–Trinajstić information content (AvgIpc) is 2.67. The summed E-state index contributed by atoms with van der Waals surface area (Å²) in [5.74, 6) is 5.62. The zero-order chi connectivity index (χ0) is 11.5. The third-order valence-corrected chi connectivity index (χ3v) is 2.69. The summed E-state index contributed by atoms with van der Waals surface area (Å²) in [6.07, 6.45) is 3.60. The smallest absolute Gasteiger partial charge is 0.0946 e. The number of aryl methyl sites for hydroxylation is 2. The van der Waals surface area contributed by atoms with Gasteiger partial charge in [-0.2, -0.15) is 0 Å². The molecule has 0 bridgehead atoms. The van der Waals surface area contributed by atoms with Gasteiger partial charge in [0.1, 0.15) is 0 Å². The minimum absolute atomic E-state index is 0.0209. The van der Waals surface area contributed by atoms with Gasteiger partial charge in [0.05, 0.1) is 24.3 Å². The maximum absolute atomic E-state index is 5.62. The number of hydrogen-bond acceptors (Lipinski definition) is 3. The van der Waals surface area contributed by atoms with E-state index >= 15 is 0 Å². The van der Waals surface area contributed by atoms with Crippen LogP contribution < -0.4 is 11.3 Å². The summed E-state index contributed by atoms with van der Waals surface area (Å²) >= 11 is 0. The summed E-state index contributed by atoms with van der Waals surface area (Å²) in [5.41, 5.74) is 6.24. The van der Waals surface area contributed by atoms with Crippen molar-refractivity contribution in [3.8, 4) is 0 Å². The van der Waals surface area contributed by atoms with E-state index in [9.17, 15) is 0 Å². The molecule has 0 aliphatic rings. The van der Waals surface area contributed by atoms with Crippen LogP contribution in [0.5, 0.6) is 0 Å². The molecule has 0 aliphatic heterocycles. The minimum Gasteiger partial charge on any atom is -0.336 e. The molecule has 2 aromatic rings. The van der Waals surface area contributed by atoms with E-state index in [0.29, 0.717) is 0 Å². The summed E-state index contributed by atoms with van der Waals surface area (Å²) in [6.45, 7) is 2.07. The SMILES string of the molecule is Cc1cccc(C(NN)c2cncn2C)c1. The second kappa shape index (κ2) is 4.47. The largest absolute Gasteiger partial charge is 0.336 e. The molecule has 1 aromatic carbocycles. The molecule has 3 N–H and O–H groups in total. The third-order valence-electron chi connectivity index (χ3n) is 2.69. The van der Waals surface area contributed by atoms with Crippen LogP contribution in [-0.2, 0) is 7.05 Å². The van der Waals surface area contributed by atoms with E-state index in [1.807, 2.05) is 23.9 Å². The van der Waals surface area contributed by atoms with E-state index in [4.69, 9.17) is 5.84 Å². The topological polar surface area (TPSA) is 55.9 Å². The number of imidazole rings is 1. The molecule has 4 nitrogen and oxygen atoms in total. The average molecular weight is 216 g/mol. The lowest BCUT2D eigenvalue weighted by molar-refractivity contribution is 0.597. The number of aromatic nitrogens is 2. The molecule has 1 aromatic heterocycles. The highest BCUT2D eigenvalue weighted by Crippen LogP contribution is 2.21. The molecule has 2 rings (SSSR count). The second-order valence-electron chi connectivity index (χ2n) is 3.94. The molecule has 0 radical (unpaired) electrons. The van der Waals surface area contributed by atoms with Crippen LogP contribution in [0.3, 0.4) is 0 Å². The lowest BCUT2D eigenvalue weighted by atomic mass is 10.0. The molecule has 1 unspecified atom stereocenters. The van der Waals surface area contributed by atoms with Gasteiger partial charge < -0.3 is 4.57 Å². The van der Waals surface area contributed by atoms with Crippen LogP contribution in [0.1, 0.15) is 22.9 Å². The third kappa shape index (κ3) is 1.98. The van der Waals surface area contributed by atoms with Gasteiger partial charge in [-0.1, -0.05) is 29.8 Å². The van der Waals surface area contributed by atoms with E-state index in [1.54, 1.807) is 6.33 Å². The molecular formula is C12H16N4. The van der Waals surface area contributed by atoms with Gasteiger partial charge in [0.2, 0.25) is 0 Å². The van der Waals surface area contributed by atoms with Gasteiger partial charge in [-0.3, -0.25) is 5.84 Å². The van der Waals surface area contributed by atoms with Crippen molar-refractivity contribution in [2.45, 2.75) is 13.0 Å². The first-order valence-electron chi connectivity index (χ1n) is 5.21. The summed E-state index contributed by atoms with van der Waals surface area (Å²) in [7, 11) is 1.96. The van der Waals surface area contributed by atoms with Crippen molar-refractivity contribution in [1.29, 1.82) is 0 Å². The van der Waals surface area contributed by atoms with Crippen LogP contribution in [0.2, 0.25) is 0 Å². The fourth-order valence-electron chi connectivity index (χ4n) is 1.85. The normalized spacial score (nSPS) is 12.7. The Labute approximate surface area is 95.1 Å². The Bertz CT molecular complexity index is 475. The Kier molecular flexibility index (Phi) is 3.03. The van der Waals surface area contributed by atoms with Crippen LogP contribution in [0.15, 0.2) is 36.8 Å². The zero-order valence-electron chi connectivity index (χ0n) is 9.51. The predicted molar refractivity (Wildman–Crippen MR) is 63.6 cm³/mol. The number of hydrazine groups is 1. The van der Waals surface area contributed by atoms with E-state index in [1.165, 1.54) is 5.56 Å².